The van der Waals surface area contributed by atoms with E-state index < -0.39 is 8.32 Å². The fourth-order valence-corrected chi connectivity index (χ4v) is 4.82. The first kappa shape index (κ1) is 26.7. The van der Waals surface area contributed by atoms with Crippen LogP contribution in [0.1, 0.15) is 40.0 Å². The summed E-state index contributed by atoms with van der Waals surface area (Å²) >= 11 is 0. The fourth-order valence-electron chi connectivity index (χ4n) is 3.38. The van der Waals surface area contributed by atoms with Gasteiger partial charge in [-0.2, -0.15) is 6.08 Å². The molecule has 0 spiro atoms. The summed E-state index contributed by atoms with van der Waals surface area (Å²) in [6.45, 7) is 13.7. The summed E-state index contributed by atoms with van der Waals surface area (Å²) in [5.41, 5.74) is 2.66. The summed E-state index contributed by atoms with van der Waals surface area (Å²) in [6.07, 6.45) is 17.5. The molecule has 1 nitrogen and oxygen atoms in total. The summed E-state index contributed by atoms with van der Waals surface area (Å²) in [4.78, 5) is 0. The summed E-state index contributed by atoms with van der Waals surface area (Å²) in [5.74, 6) is 0. The predicted octanol–water partition coefficient (Wildman–Crippen LogP) is -0.406. The number of hydrogen-bond donors (Lipinski definition) is 0. The fraction of sp³-hybridized carbons (Fsp3) is 0.579. The van der Waals surface area contributed by atoms with Crippen LogP contribution in [-0.4, -0.2) is 13.9 Å². The zero-order valence-corrected chi connectivity index (χ0v) is 19.7. The molecular formula is C19H29Cl2OSiTi. The van der Waals surface area contributed by atoms with Crippen LogP contribution >= 0.6 is 0 Å². The van der Waals surface area contributed by atoms with E-state index in [0.29, 0.717) is 0 Å². The molecule has 5 heteroatoms. The average Bonchev–Trinajstić information content (AvgIpc) is 2.78. The first-order chi connectivity index (χ1) is 9.62. The molecule has 1 radical (unpaired) electrons. The summed E-state index contributed by atoms with van der Waals surface area (Å²) in [5, 5.41) is 0. The Morgan fingerprint density at radius 2 is 1.79 bits per heavy atom. The SMILES string of the molecule is CC(C)(C)C1=CC=CCC1(CC1=[C-]CC=C1)O[Si](C)(C)C.[Cl-].[Cl-].[Ti+3]. The van der Waals surface area contributed by atoms with Crippen LogP contribution in [0.5, 0.6) is 0 Å². The minimum absolute atomic E-state index is 0. The Morgan fingerprint density at radius 1 is 1.17 bits per heavy atom. The van der Waals surface area contributed by atoms with Crippen LogP contribution in [0.15, 0.2) is 41.5 Å². The summed E-state index contributed by atoms with van der Waals surface area (Å²) in [6, 6.07) is 0. The third-order valence-electron chi connectivity index (χ3n) is 3.89. The van der Waals surface area contributed by atoms with E-state index in [1.807, 2.05) is 0 Å². The van der Waals surface area contributed by atoms with Gasteiger partial charge in [-0.15, -0.1) is 6.42 Å². The van der Waals surface area contributed by atoms with Crippen LogP contribution in [0.4, 0.5) is 0 Å². The normalized spacial score (nSPS) is 22.8. The van der Waals surface area contributed by atoms with Crippen LogP contribution in [0.3, 0.4) is 0 Å². The van der Waals surface area contributed by atoms with Gasteiger partial charge in [-0.3, -0.25) is 6.08 Å². The first-order valence-electron chi connectivity index (χ1n) is 7.97. The zero-order valence-electron chi connectivity index (χ0n) is 15.7. The van der Waals surface area contributed by atoms with Crippen molar-refractivity contribution >= 4 is 8.32 Å². The number of hydrogen-bond acceptors (Lipinski definition) is 1. The van der Waals surface area contributed by atoms with E-state index in [-0.39, 0.29) is 57.5 Å². The van der Waals surface area contributed by atoms with Crippen LogP contribution in [0.25, 0.3) is 0 Å². The molecule has 2 rings (SSSR count). The maximum atomic E-state index is 6.79. The van der Waals surface area contributed by atoms with Gasteiger partial charge in [-0.25, -0.2) is 11.6 Å². The second-order valence-corrected chi connectivity index (χ2v) is 12.6. The zero-order chi connectivity index (χ0) is 15.7. The van der Waals surface area contributed by atoms with Gasteiger partial charge in [-0.05, 0) is 43.5 Å². The van der Waals surface area contributed by atoms with Crippen molar-refractivity contribution in [1.29, 1.82) is 0 Å². The maximum absolute atomic E-state index is 6.79. The summed E-state index contributed by atoms with van der Waals surface area (Å²) < 4.78 is 6.79. The average molecular weight is 420 g/mol. The van der Waals surface area contributed by atoms with Crippen LogP contribution < -0.4 is 24.8 Å². The Morgan fingerprint density at radius 3 is 2.25 bits per heavy atom. The van der Waals surface area contributed by atoms with Gasteiger partial charge < -0.3 is 29.2 Å². The standard InChI is InChI=1S/C19H29OSi.2ClH.Ti/c1-18(2,3)17-13-9-10-14-19(17,20-21(4,5)6)15-16-11-7-8-12-16;;;/h7,9-11,13H,8,14-15H2,1-6H3;2*1H;/q-1;;;+3/p-2. The molecular weight excluding hydrogens is 391 g/mol. The topological polar surface area (TPSA) is 9.23 Å². The molecule has 0 aromatic carbocycles. The Balaban J connectivity index is 0. The Labute approximate surface area is 176 Å². The molecule has 0 bridgehead atoms. The predicted molar refractivity (Wildman–Crippen MR) is 93.6 cm³/mol. The summed E-state index contributed by atoms with van der Waals surface area (Å²) in [7, 11) is -1.65. The number of halogens is 2. The van der Waals surface area contributed by atoms with E-state index in [2.05, 4.69) is 76.9 Å². The molecule has 24 heavy (non-hydrogen) atoms. The molecule has 1 atom stereocenters. The first-order valence-corrected chi connectivity index (χ1v) is 11.4. The third-order valence-corrected chi connectivity index (χ3v) is 4.89. The van der Waals surface area contributed by atoms with Gasteiger partial charge in [0.15, 0.2) is 8.32 Å². The van der Waals surface area contributed by atoms with Crippen molar-refractivity contribution in [3.63, 3.8) is 0 Å². The molecule has 0 saturated heterocycles. The monoisotopic (exact) mass is 419 g/mol. The molecule has 0 saturated carbocycles. The van der Waals surface area contributed by atoms with E-state index in [1.54, 1.807) is 0 Å². The van der Waals surface area contributed by atoms with Gasteiger partial charge in [0.05, 0.1) is 5.60 Å². The maximum Gasteiger partial charge on any atom is 3.00 e. The van der Waals surface area contributed by atoms with E-state index in [0.717, 1.165) is 19.3 Å². The van der Waals surface area contributed by atoms with Crippen molar-refractivity contribution in [1.82, 2.24) is 0 Å². The molecule has 0 aromatic heterocycles. The molecule has 0 N–H and O–H groups in total. The minimum Gasteiger partial charge on any atom is -1.00 e. The van der Waals surface area contributed by atoms with E-state index in [9.17, 15) is 0 Å². The van der Waals surface area contributed by atoms with Gasteiger partial charge in [0.1, 0.15) is 0 Å². The Kier molecular flexibility index (Phi) is 11.0. The quantitative estimate of drug-likeness (QED) is 0.444. The smallest absolute Gasteiger partial charge is 1.00 e. The molecule has 133 valence electrons. The number of rotatable bonds is 4. The van der Waals surface area contributed by atoms with Crippen molar-refractivity contribution in [2.24, 2.45) is 5.41 Å². The Hall–Kier alpha value is 0.431. The van der Waals surface area contributed by atoms with E-state index in [4.69, 9.17) is 4.43 Å². The molecule has 2 aliphatic carbocycles. The molecule has 2 aliphatic rings. The molecule has 0 heterocycles. The second kappa shape index (κ2) is 9.94. The van der Waals surface area contributed by atoms with Crippen molar-refractivity contribution < 1.29 is 51.0 Å². The molecule has 0 fully saturated rings. The van der Waals surface area contributed by atoms with Crippen LogP contribution in [-0.2, 0) is 26.1 Å². The van der Waals surface area contributed by atoms with Gasteiger partial charge >= 0.3 is 21.7 Å². The molecule has 0 aliphatic heterocycles. The largest absolute Gasteiger partial charge is 3.00 e. The van der Waals surface area contributed by atoms with E-state index >= 15 is 0 Å². The van der Waals surface area contributed by atoms with Crippen molar-refractivity contribution in [2.75, 3.05) is 0 Å². The third kappa shape index (κ3) is 6.98. The van der Waals surface area contributed by atoms with Gasteiger partial charge in [-0.1, -0.05) is 39.0 Å². The van der Waals surface area contributed by atoms with Gasteiger partial charge in [0, 0.05) is 0 Å². The van der Waals surface area contributed by atoms with Crippen molar-refractivity contribution in [3.8, 4) is 0 Å². The minimum atomic E-state index is -1.65. The van der Waals surface area contributed by atoms with Crippen molar-refractivity contribution in [3.05, 3.63) is 47.6 Å². The molecule has 0 amide bonds. The number of allylic oxidation sites excluding steroid dienone is 5. The van der Waals surface area contributed by atoms with Gasteiger partial charge in [0.2, 0.25) is 0 Å². The molecule has 0 aromatic rings. The Bertz CT molecular complexity index is 524. The van der Waals surface area contributed by atoms with Gasteiger partial charge in [0.25, 0.3) is 0 Å². The van der Waals surface area contributed by atoms with Crippen LogP contribution in [0, 0.1) is 11.5 Å². The second-order valence-electron chi connectivity index (χ2n) is 8.16. The molecule has 1 unspecified atom stereocenters. The van der Waals surface area contributed by atoms with Crippen molar-refractivity contribution in [2.45, 2.75) is 65.3 Å². The van der Waals surface area contributed by atoms with Crippen LogP contribution in [0.2, 0.25) is 19.6 Å². The van der Waals surface area contributed by atoms with E-state index in [1.165, 1.54) is 11.1 Å².